The zero-order valence-corrected chi connectivity index (χ0v) is 22.0. The molecule has 0 spiro atoms. The Balaban J connectivity index is 1.65. The van der Waals surface area contributed by atoms with E-state index in [0.717, 1.165) is 5.56 Å². The van der Waals surface area contributed by atoms with Gasteiger partial charge in [-0.05, 0) is 59.2 Å². The zero-order valence-electron chi connectivity index (χ0n) is 21.2. The van der Waals surface area contributed by atoms with Crippen LogP contribution >= 0.6 is 0 Å². The minimum Gasteiger partial charge on any atom is -0.483 e. The lowest BCUT2D eigenvalue weighted by Crippen LogP contribution is -2.23. The van der Waals surface area contributed by atoms with E-state index in [2.05, 4.69) is 62.8 Å². The van der Waals surface area contributed by atoms with Gasteiger partial charge >= 0.3 is 0 Å². The Kier molecular flexibility index (Phi) is 7.31. The van der Waals surface area contributed by atoms with Gasteiger partial charge in [-0.1, -0.05) is 58.8 Å². The molecule has 9 heteroatoms. The molecular weight excluding hydrogens is 466 g/mol. The number of nitrogens with zero attached hydrogens (tertiary/aromatic N) is 1. The monoisotopic (exact) mass is 499 g/mol. The number of anilines is 2. The van der Waals surface area contributed by atoms with Gasteiger partial charge in [-0.2, -0.15) is 0 Å². The lowest BCUT2D eigenvalue weighted by molar-refractivity contribution is -0.118. The number of benzene rings is 2. The van der Waals surface area contributed by atoms with Crippen molar-refractivity contribution in [1.82, 2.24) is 5.16 Å². The molecule has 3 rings (SSSR count). The summed E-state index contributed by atoms with van der Waals surface area (Å²) in [7, 11) is -3.83. The number of amides is 1. The van der Waals surface area contributed by atoms with Gasteiger partial charge in [0, 0.05) is 11.8 Å². The van der Waals surface area contributed by atoms with E-state index in [-0.39, 0.29) is 34.1 Å². The van der Waals surface area contributed by atoms with Crippen LogP contribution < -0.4 is 14.8 Å². The molecule has 35 heavy (non-hydrogen) atoms. The number of sulfonamides is 1. The average Bonchev–Trinajstić information content (AvgIpc) is 3.15. The second-order valence-electron chi connectivity index (χ2n) is 10.5. The van der Waals surface area contributed by atoms with Crippen molar-refractivity contribution in [3.63, 3.8) is 0 Å². The SMILES string of the molecule is Cc1cc(NS(=O)(=O)c2ccc(NC(=O)COc3ccc(C(C)(C)C)cc3C(C)(C)C)cc2)no1. The summed E-state index contributed by atoms with van der Waals surface area (Å²) in [6.07, 6.45) is 0. The van der Waals surface area contributed by atoms with Gasteiger partial charge in [0.1, 0.15) is 11.5 Å². The van der Waals surface area contributed by atoms with E-state index in [0.29, 0.717) is 17.2 Å². The van der Waals surface area contributed by atoms with Crippen LogP contribution in [0.5, 0.6) is 5.75 Å². The van der Waals surface area contributed by atoms with Crippen LogP contribution in [-0.4, -0.2) is 26.1 Å². The summed E-state index contributed by atoms with van der Waals surface area (Å²) in [6, 6.07) is 13.4. The molecule has 2 N–H and O–H groups in total. The Morgan fingerprint density at radius 1 is 0.971 bits per heavy atom. The topological polar surface area (TPSA) is 111 Å². The predicted octanol–water partition coefficient (Wildman–Crippen LogP) is 5.40. The number of hydrogen-bond donors (Lipinski definition) is 2. The molecule has 0 saturated heterocycles. The van der Waals surface area contributed by atoms with Crippen molar-refractivity contribution in [2.24, 2.45) is 0 Å². The van der Waals surface area contributed by atoms with E-state index in [1.807, 2.05) is 12.1 Å². The lowest BCUT2D eigenvalue weighted by atomic mass is 9.80. The molecule has 0 aliphatic heterocycles. The Morgan fingerprint density at radius 3 is 2.17 bits per heavy atom. The first-order valence-corrected chi connectivity index (χ1v) is 12.8. The van der Waals surface area contributed by atoms with Crippen molar-refractivity contribution in [2.45, 2.75) is 64.2 Å². The molecule has 0 unspecified atom stereocenters. The maximum absolute atomic E-state index is 12.5. The fourth-order valence-corrected chi connectivity index (χ4v) is 4.36. The highest BCUT2D eigenvalue weighted by Gasteiger charge is 2.23. The fourth-order valence-electron chi connectivity index (χ4n) is 3.38. The number of rotatable bonds is 7. The van der Waals surface area contributed by atoms with E-state index in [4.69, 9.17) is 9.26 Å². The Bertz CT molecular complexity index is 1300. The average molecular weight is 500 g/mol. The fraction of sp³-hybridized carbons (Fsp3) is 0.385. The molecule has 2 aromatic carbocycles. The van der Waals surface area contributed by atoms with E-state index < -0.39 is 10.0 Å². The summed E-state index contributed by atoms with van der Waals surface area (Å²) < 4.78 is 38.1. The summed E-state index contributed by atoms with van der Waals surface area (Å²) in [5.74, 6) is 0.901. The Labute approximate surface area is 207 Å². The quantitative estimate of drug-likeness (QED) is 0.451. The van der Waals surface area contributed by atoms with Crippen molar-refractivity contribution in [3.05, 3.63) is 65.4 Å². The van der Waals surface area contributed by atoms with Gasteiger partial charge in [-0.15, -0.1) is 0 Å². The van der Waals surface area contributed by atoms with Crippen molar-refractivity contribution in [2.75, 3.05) is 16.6 Å². The first-order valence-electron chi connectivity index (χ1n) is 11.3. The van der Waals surface area contributed by atoms with Gasteiger partial charge in [0.15, 0.2) is 12.4 Å². The molecule has 188 valence electrons. The maximum atomic E-state index is 12.5. The highest BCUT2D eigenvalue weighted by molar-refractivity contribution is 7.92. The lowest BCUT2D eigenvalue weighted by Gasteiger charge is -2.27. The van der Waals surface area contributed by atoms with Crippen molar-refractivity contribution >= 4 is 27.4 Å². The standard InChI is InChI=1S/C26H33N3O5S/c1-17-14-23(28-34-17)29-35(31,32)20-11-9-19(10-12-20)27-24(30)16-33-22-13-8-18(25(2,3)4)15-21(22)26(5,6)7/h8-15H,16H2,1-7H3,(H,27,30)(H,28,29). The molecule has 1 amide bonds. The molecule has 0 aliphatic rings. The number of aromatic nitrogens is 1. The summed E-state index contributed by atoms with van der Waals surface area (Å²) in [4.78, 5) is 12.5. The van der Waals surface area contributed by atoms with E-state index >= 15 is 0 Å². The number of carbonyl (C=O) groups is 1. The molecular formula is C26H33N3O5S. The molecule has 3 aromatic rings. The van der Waals surface area contributed by atoms with Crippen molar-refractivity contribution in [3.8, 4) is 5.75 Å². The van der Waals surface area contributed by atoms with Gasteiger partial charge in [0.25, 0.3) is 15.9 Å². The van der Waals surface area contributed by atoms with Crippen LogP contribution in [0.3, 0.4) is 0 Å². The van der Waals surface area contributed by atoms with Crippen LogP contribution in [0.4, 0.5) is 11.5 Å². The molecule has 1 heterocycles. The van der Waals surface area contributed by atoms with Gasteiger partial charge in [-0.25, -0.2) is 8.42 Å². The van der Waals surface area contributed by atoms with Crippen molar-refractivity contribution in [1.29, 1.82) is 0 Å². The van der Waals surface area contributed by atoms with Crippen LogP contribution in [0, 0.1) is 6.92 Å². The Morgan fingerprint density at radius 2 is 1.63 bits per heavy atom. The summed E-state index contributed by atoms with van der Waals surface area (Å²) in [5, 5.41) is 6.36. The van der Waals surface area contributed by atoms with E-state index in [1.165, 1.54) is 35.9 Å². The van der Waals surface area contributed by atoms with E-state index in [9.17, 15) is 13.2 Å². The smallest absolute Gasteiger partial charge is 0.263 e. The molecule has 0 saturated carbocycles. The highest BCUT2D eigenvalue weighted by Crippen LogP contribution is 2.35. The number of aryl methyl sites for hydroxylation is 1. The number of ether oxygens (including phenoxy) is 1. The summed E-state index contributed by atoms with van der Waals surface area (Å²) in [5.41, 5.74) is 2.52. The molecule has 8 nitrogen and oxygen atoms in total. The summed E-state index contributed by atoms with van der Waals surface area (Å²) >= 11 is 0. The first kappa shape index (κ1) is 26.3. The van der Waals surface area contributed by atoms with Crippen LogP contribution in [0.15, 0.2) is 57.9 Å². The largest absolute Gasteiger partial charge is 0.483 e. The maximum Gasteiger partial charge on any atom is 0.263 e. The second kappa shape index (κ2) is 9.73. The van der Waals surface area contributed by atoms with Gasteiger partial charge in [0.05, 0.1) is 4.90 Å². The van der Waals surface area contributed by atoms with Crippen LogP contribution in [0.2, 0.25) is 0 Å². The molecule has 0 radical (unpaired) electrons. The highest BCUT2D eigenvalue weighted by atomic mass is 32.2. The van der Waals surface area contributed by atoms with Crippen LogP contribution in [0.1, 0.15) is 58.4 Å². The third kappa shape index (κ3) is 6.85. The zero-order chi connectivity index (χ0) is 26.0. The molecule has 0 bridgehead atoms. The first-order chi connectivity index (χ1) is 16.1. The third-order valence-corrected chi connectivity index (χ3v) is 6.70. The van der Waals surface area contributed by atoms with Crippen molar-refractivity contribution < 1.29 is 22.5 Å². The number of hydrogen-bond acceptors (Lipinski definition) is 6. The van der Waals surface area contributed by atoms with Gasteiger partial charge < -0.3 is 14.6 Å². The van der Waals surface area contributed by atoms with Crippen LogP contribution in [-0.2, 0) is 25.6 Å². The molecule has 0 fully saturated rings. The van der Waals surface area contributed by atoms with Gasteiger partial charge in [0.2, 0.25) is 0 Å². The van der Waals surface area contributed by atoms with E-state index in [1.54, 1.807) is 6.92 Å². The van der Waals surface area contributed by atoms with Gasteiger partial charge in [-0.3, -0.25) is 9.52 Å². The molecule has 0 atom stereocenters. The minimum atomic E-state index is -3.83. The number of nitrogens with one attached hydrogen (secondary N) is 2. The number of carbonyl (C=O) groups excluding carboxylic acids is 1. The minimum absolute atomic E-state index is 0.000947. The normalized spacial score (nSPS) is 12.3. The Hall–Kier alpha value is -3.33. The summed E-state index contributed by atoms with van der Waals surface area (Å²) in [6.45, 7) is 14.3. The van der Waals surface area contributed by atoms with Crippen LogP contribution in [0.25, 0.3) is 0 Å². The molecule has 0 aliphatic carbocycles. The third-order valence-electron chi connectivity index (χ3n) is 5.33. The second-order valence-corrected chi connectivity index (χ2v) is 12.2. The predicted molar refractivity (Wildman–Crippen MR) is 136 cm³/mol. The molecule has 1 aromatic heterocycles.